The standard InChI is InChI=1S/C19H19NO3/c1-14(21)15-7-9-16(10-8-15)19(22)20(18-11-12-23-13-18)17-5-3-2-4-6-17/h2-10,18H,11-13H2,1H3/t18-/m0/s1. The van der Waals surface area contributed by atoms with E-state index < -0.39 is 0 Å². The van der Waals surface area contributed by atoms with Crippen LogP contribution in [0.5, 0.6) is 0 Å². The van der Waals surface area contributed by atoms with E-state index in [0.717, 1.165) is 12.1 Å². The Morgan fingerprint density at radius 2 is 1.65 bits per heavy atom. The number of rotatable bonds is 4. The summed E-state index contributed by atoms with van der Waals surface area (Å²) in [5.41, 5.74) is 2.05. The minimum atomic E-state index is -0.0678. The van der Waals surface area contributed by atoms with Crippen LogP contribution in [0, 0.1) is 0 Å². The van der Waals surface area contributed by atoms with Crippen molar-refractivity contribution in [2.75, 3.05) is 18.1 Å². The molecule has 1 saturated heterocycles. The average Bonchev–Trinajstić information content (AvgIpc) is 3.10. The molecule has 2 aromatic rings. The van der Waals surface area contributed by atoms with Crippen LogP contribution in [-0.2, 0) is 4.74 Å². The highest BCUT2D eigenvalue weighted by molar-refractivity contribution is 6.07. The van der Waals surface area contributed by atoms with Crippen molar-refractivity contribution in [1.82, 2.24) is 0 Å². The summed E-state index contributed by atoms with van der Waals surface area (Å²) in [6.45, 7) is 2.74. The second-order valence-electron chi connectivity index (χ2n) is 5.66. The lowest BCUT2D eigenvalue weighted by Crippen LogP contribution is -2.41. The number of anilines is 1. The molecule has 0 aliphatic carbocycles. The summed E-state index contributed by atoms with van der Waals surface area (Å²) in [6.07, 6.45) is 0.826. The van der Waals surface area contributed by atoms with Gasteiger partial charge in [0.25, 0.3) is 5.91 Å². The van der Waals surface area contributed by atoms with Crippen LogP contribution in [0.25, 0.3) is 0 Å². The Morgan fingerprint density at radius 1 is 1.00 bits per heavy atom. The second kappa shape index (κ2) is 6.75. The molecule has 1 amide bonds. The van der Waals surface area contributed by atoms with E-state index in [2.05, 4.69) is 0 Å². The van der Waals surface area contributed by atoms with E-state index in [1.807, 2.05) is 30.3 Å². The first kappa shape index (κ1) is 15.4. The normalized spacial score (nSPS) is 17.0. The van der Waals surface area contributed by atoms with Gasteiger partial charge in [-0.3, -0.25) is 9.59 Å². The predicted octanol–water partition coefficient (Wildman–Crippen LogP) is 3.32. The first-order valence-corrected chi connectivity index (χ1v) is 7.74. The van der Waals surface area contributed by atoms with Gasteiger partial charge in [-0.05, 0) is 37.6 Å². The summed E-state index contributed by atoms with van der Waals surface area (Å²) in [7, 11) is 0. The number of ether oxygens (including phenoxy) is 1. The molecule has 0 bridgehead atoms. The molecule has 0 N–H and O–H groups in total. The number of amides is 1. The zero-order chi connectivity index (χ0) is 16.2. The summed E-state index contributed by atoms with van der Waals surface area (Å²) >= 11 is 0. The third-order valence-electron chi connectivity index (χ3n) is 4.06. The minimum absolute atomic E-state index is 0.00638. The summed E-state index contributed by atoms with van der Waals surface area (Å²) in [5.74, 6) is -0.0742. The van der Waals surface area contributed by atoms with Crippen molar-refractivity contribution >= 4 is 17.4 Å². The van der Waals surface area contributed by atoms with E-state index in [4.69, 9.17) is 4.74 Å². The summed E-state index contributed by atoms with van der Waals surface area (Å²) in [5, 5.41) is 0. The van der Waals surface area contributed by atoms with Gasteiger partial charge in [0.05, 0.1) is 12.6 Å². The lowest BCUT2D eigenvalue weighted by molar-refractivity contribution is 0.0968. The topological polar surface area (TPSA) is 46.6 Å². The number of carbonyl (C=O) groups is 2. The number of benzene rings is 2. The highest BCUT2D eigenvalue weighted by atomic mass is 16.5. The highest BCUT2D eigenvalue weighted by Gasteiger charge is 2.29. The molecule has 118 valence electrons. The van der Waals surface area contributed by atoms with Crippen molar-refractivity contribution in [1.29, 1.82) is 0 Å². The number of nitrogens with zero attached hydrogens (tertiary/aromatic N) is 1. The van der Waals surface area contributed by atoms with E-state index >= 15 is 0 Å². The molecular weight excluding hydrogens is 290 g/mol. The maximum atomic E-state index is 13.0. The summed E-state index contributed by atoms with van der Waals surface area (Å²) < 4.78 is 5.46. The third kappa shape index (κ3) is 3.32. The van der Waals surface area contributed by atoms with Crippen molar-refractivity contribution in [2.24, 2.45) is 0 Å². The molecule has 0 spiro atoms. The van der Waals surface area contributed by atoms with Gasteiger partial charge in [0.15, 0.2) is 5.78 Å². The number of carbonyl (C=O) groups excluding carboxylic acids is 2. The molecule has 1 aliphatic heterocycles. The molecule has 1 fully saturated rings. The van der Waals surface area contributed by atoms with Gasteiger partial charge in [0.2, 0.25) is 0 Å². The van der Waals surface area contributed by atoms with Gasteiger partial charge in [-0.1, -0.05) is 30.3 Å². The van der Waals surface area contributed by atoms with Crippen LogP contribution in [0.3, 0.4) is 0 Å². The Hall–Kier alpha value is -2.46. The molecule has 0 unspecified atom stereocenters. The maximum Gasteiger partial charge on any atom is 0.258 e. The molecule has 1 aliphatic rings. The van der Waals surface area contributed by atoms with Crippen molar-refractivity contribution in [3.05, 3.63) is 65.7 Å². The van der Waals surface area contributed by atoms with Crippen LogP contribution in [0.4, 0.5) is 5.69 Å². The molecule has 1 heterocycles. The number of hydrogen-bond donors (Lipinski definition) is 0. The molecule has 4 heteroatoms. The van der Waals surface area contributed by atoms with E-state index in [9.17, 15) is 9.59 Å². The molecule has 0 saturated carbocycles. The highest BCUT2D eigenvalue weighted by Crippen LogP contribution is 2.24. The maximum absolute atomic E-state index is 13.0. The molecule has 4 nitrogen and oxygen atoms in total. The Kier molecular flexibility index (Phi) is 4.53. The largest absolute Gasteiger partial charge is 0.379 e. The first-order valence-electron chi connectivity index (χ1n) is 7.74. The van der Waals surface area contributed by atoms with Crippen molar-refractivity contribution in [3.63, 3.8) is 0 Å². The van der Waals surface area contributed by atoms with E-state index in [1.54, 1.807) is 29.2 Å². The molecule has 23 heavy (non-hydrogen) atoms. The van der Waals surface area contributed by atoms with Crippen LogP contribution >= 0.6 is 0 Å². The number of para-hydroxylation sites is 1. The van der Waals surface area contributed by atoms with Gasteiger partial charge < -0.3 is 9.64 Å². The Labute approximate surface area is 135 Å². The fourth-order valence-corrected chi connectivity index (χ4v) is 2.79. The van der Waals surface area contributed by atoms with Crippen LogP contribution in [-0.4, -0.2) is 30.9 Å². The second-order valence-corrected chi connectivity index (χ2v) is 5.66. The molecule has 2 aromatic carbocycles. The van der Waals surface area contributed by atoms with Gasteiger partial charge >= 0.3 is 0 Å². The fraction of sp³-hybridized carbons (Fsp3) is 0.263. The fourth-order valence-electron chi connectivity index (χ4n) is 2.79. The van der Waals surface area contributed by atoms with Gasteiger partial charge in [-0.25, -0.2) is 0 Å². The third-order valence-corrected chi connectivity index (χ3v) is 4.06. The average molecular weight is 309 g/mol. The number of Topliss-reactive ketones (excluding diaryl/α,β-unsaturated/α-hetero) is 1. The first-order chi connectivity index (χ1) is 11.2. The number of ketones is 1. The number of hydrogen-bond acceptors (Lipinski definition) is 3. The van der Waals surface area contributed by atoms with E-state index in [-0.39, 0.29) is 17.7 Å². The lowest BCUT2D eigenvalue weighted by Gasteiger charge is -2.28. The van der Waals surface area contributed by atoms with Crippen LogP contribution in [0.2, 0.25) is 0 Å². The zero-order valence-electron chi connectivity index (χ0n) is 13.1. The van der Waals surface area contributed by atoms with Gasteiger partial charge in [0.1, 0.15) is 0 Å². The molecule has 0 radical (unpaired) electrons. The minimum Gasteiger partial charge on any atom is -0.379 e. The van der Waals surface area contributed by atoms with Gasteiger partial charge in [0, 0.05) is 23.4 Å². The Morgan fingerprint density at radius 3 is 2.22 bits per heavy atom. The van der Waals surface area contributed by atoms with Gasteiger partial charge in [-0.2, -0.15) is 0 Å². The van der Waals surface area contributed by atoms with Crippen LogP contribution in [0.15, 0.2) is 54.6 Å². The van der Waals surface area contributed by atoms with Gasteiger partial charge in [-0.15, -0.1) is 0 Å². The van der Waals surface area contributed by atoms with Crippen LogP contribution in [0.1, 0.15) is 34.1 Å². The Bertz CT molecular complexity index is 688. The molecule has 1 atom stereocenters. The summed E-state index contributed by atoms with van der Waals surface area (Å²) in [6, 6.07) is 16.5. The lowest BCUT2D eigenvalue weighted by atomic mass is 10.1. The molecule has 3 rings (SSSR count). The van der Waals surface area contributed by atoms with Crippen molar-refractivity contribution in [2.45, 2.75) is 19.4 Å². The Balaban J connectivity index is 1.92. The quantitative estimate of drug-likeness (QED) is 0.814. The molecule has 0 aromatic heterocycles. The molecular formula is C19H19NO3. The van der Waals surface area contributed by atoms with E-state index in [1.165, 1.54) is 6.92 Å². The van der Waals surface area contributed by atoms with E-state index in [0.29, 0.717) is 24.3 Å². The van der Waals surface area contributed by atoms with Crippen molar-refractivity contribution < 1.29 is 14.3 Å². The van der Waals surface area contributed by atoms with Crippen molar-refractivity contribution in [3.8, 4) is 0 Å². The SMILES string of the molecule is CC(=O)c1ccc(C(=O)N(c2ccccc2)[C@H]2CCOC2)cc1. The van der Waals surface area contributed by atoms with Crippen LogP contribution < -0.4 is 4.90 Å². The zero-order valence-corrected chi connectivity index (χ0v) is 13.1. The smallest absolute Gasteiger partial charge is 0.258 e. The monoisotopic (exact) mass is 309 g/mol. The summed E-state index contributed by atoms with van der Waals surface area (Å²) in [4.78, 5) is 26.2. The predicted molar refractivity (Wildman–Crippen MR) is 88.9 cm³/mol.